The number of carboxylic acid groups (broad SMARTS) is 1. The van der Waals surface area contributed by atoms with Gasteiger partial charge in [0.25, 0.3) is 0 Å². The number of aliphatic carboxylic acids is 1. The molecule has 1 unspecified atom stereocenters. The number of aryl methyl sites for hydroxylation is 1. The Balaban J connectivity index is 2.34. The number of nitrogens with zero attached hydrogens (tertiary/aromatic N) is 2. The van der Waals surface area contributed by atoms with Crippen LogP contribution in [0.4, 0.5) is 0 Å². The van der Waals surface area contributed by atoms with E-state index in [1.54, 1.807) is 23.3 Å². The minimum absolute atomic E-state index is 0.0495. The van der Waals surface area contributed by atoms with E-state index in [0.717, 1.165) is 0 Å². The standard InChI is InChI=1S/C10H15N3O4/c1-17-6-8(10(15)16)12-9(14)2-4-13-5-3-11-7-13/h3,5,7-8H,2,4,6H2,1H3,(H,12,14)(H,15,16). The molecule has 0 saturated carbocycles. The van der Waals surface area contributed by atoms with Crippen LogP contribution in [0.25, 0.3) is 0 Å². The number of hydrogen-bond acceptors (Lipinski definition) is 4. The Bertz CT molecular complexity index is 364. The Hall–Kier alpha value is -1.89. The van der Waals surface area contributed by atoms with Crippen molar-refractivity contribution in [1.29, 1.82) is 0 Å². The molecule has 0 spiro atoms. The third-order valence-electron chi connectivity index (χ3n) is 2.12. The molecule has 0 radical (unpaired) electrons. The van der Waals surface area contributed by atoms with Gasteiger partial charge in [-0.25, -0.2) is 9.78 Å². The highest BCUT2D eigenvalue weighted by Crippen LogP contribution is 1.93. The first-order valence-electron chi connectivity index (χ1n) is 5.10. The average Bonchev–Trinajstić information content (AvgIpc) is 2.78. The van der Waals surface area contributed by atoms with E-state index in [4.69, 9.17) is 9.84 Å². The number of nitrogens with one attached hydrogen (secondary N) is 1. The second-order valence-corrected chi connectivity index (χ2v) is 3.46. The van der Waals surface area contributed by atoms with Gasteiger partial charge in [0.1, 0.15) is 0 Å². The number of imidazole rings is 1. The van der Waals surface area contributed by atoms with Crippen molar-refractivity contribution in [2.45, 2.75) is 19.0 Å². The van der Waals surface area contributed by atoms with Gasteiger partial charge in [0.05, 0.1) is 12.9 Å². The molecule has 94 valence electrons. The maximum atomic E-state index is 11.5. The first-order valence-corrected chi connectivity index (χ1v) is 5.10. The van der Waals surface area contributed by atoms with Crippen LogP contribution in [0.15, 0.2) is 18.7 Å². The lowest BCUT2D eigenvalue weighted by Gasteiger charge is -2.13. The van der Waals surface area contributed by atoms with E-state index >= 15 is 0 Å². The van der Waals surface area contributed by atoms with Crippen LogP contribution in [0.3, 0.4) is 0 Å². The molecule has 1 rings (SSSR count). The van der Waals surface area contributed by atoms with Crippen molar-refractivity contribution < 1.29 is 19.4 Å². The van der Waals surface area contributed by atoms with Gasteiger partial charge >= 0.3 is 5.97 Å². The molecule has 1 aromatic rings. The molecule has 17 heavy (non-hydrogen) atoms. The largest absolute Gasteiger partial charge is 0.480 e. The lowest BCUT2D eigenvalue weighted by atomic mass is 10.3. The van der Waals surface area contributed by atoms with Crippen molar-refractivity contribution in [2.75, 3.05) is 13.7 Å². The van der Waals surface area contributed by atoms with Crippen LogP contribution < -0.4 is 5.32 Å². The first-order chi connectivity index (χ1) is 8.13. The number of hydrogen-bond donors (Lipinski definition) is 2. The van der Waals surface area contributed by atoms with Crippen molar-refractivity contribution in [1.82, 2.24) is 14.9 Å². The Morgan fingerprint density at radius 2 is 2.35 bits per heavy atom. The lowest BCUT2D eigenvalue weighted by molar-refractivity contribution is -0.143. The summed E-state index contributed by atoms with van der Waals surface area (Å²) in [4.78, 5) is 26.0. The third kappa shape index (κ3) is 4.64. The van der Waals surface area contributed by atoms with Crippen LogP contribution in [-0.2, 0) is 20.9 Å². The summed E-state index contributed by atoms with van der Waals surface area (Å²) in [5.41, 5.74) is 0. The summed E-state index contributed by atoms with van der Waals surface area (Å²) < 4.78 is 6.45. The molecule has 1 heterocycles. The molecule has 0 aliphatic carbocycles. The van der Waals surface area contributed by atoms with Crippen LogP contribution in [0.5, 0.6) is 0 Å². The van der Waals surface area contributed by atoms with Crippen LogP contribution in [0, 0.1) is 0 Å². The minimum Gasteiger partial charge on any atom is -0.480 e. The van der Waals surface area contributed by atoms with E-state index in [2.05, 4.69) is 10.3 Å². The second kappa shape index (κ2) is 6.64. The number of carboxylic acids is 1. The fourth-order valence-electron chi connectivity index (χ4n) is 1.26. The van der Waals surface area contributed by atoms with E-state index in [-0.39, 0.29) is 18.9 Å². The zero-order valence-corrected chi connectivity index (χ0v) is 9.50. The van der Waals surface area contributed by atoms with Gasteiger partial charge in [-0.15, -0.1) is 0 Å². The SMILES string of the molecule is COCC(NC(=O)CCn1ccnc1)C(=O)O. The van der Waals surface area contributed by atoms with Crippen molar-refractivity contribution in [3.8, 4) is 0 Å². The molecule has 7 nitrogen and oxygen atoms in total. The molecule has 1 amide bonds. The number of carbonyl (C=O) groups is 2. The highest BCUT2D eigenvalue weighted by atomic mass is 16.5. The fourth-order valence-corrected chi connectivity index (χ4v) is 1.26. The topological polar surface area (TPSA) is 93.5 Å². The zero-order chi connectivity index (χ0) is 12.7. The number of methoxy groups -OCH3 is 1. The van der Waals surface area contributed by atoms with Crippen LogP contribution in [-0.4, -0.2) is 46.3 Å². The Kier molecular flexibility index (Phi) is 5.15. The number of amides is 1. The van der Waals surface area contributed by atoms with Gasteiger partial charge in [0, 0.05) is 32.5 Å². The third-order valence-corrected chi connectivity index (χ3v) is 2.12. The fraction of sp³-hybridized carbons (Fsp3) is 0.500. The molecule has 0 saturated heterocycles. The van der Waals surface area contributed by atoms with Crippen molar-refractivity contribution in [2.24, 2.45) is 0 Å². The Labute approximate surface area is 98.4 Å². The van der Waals surface area contributed by atoms with Crippen molar-refractivity contribution in [3.05, 3.63) is 18.7 Å². The monoisotopic (exact) mass is 241 g/mol. The molecular formula is C10H15N3O4. The summed E-state index contributed by atoms with van der Waals surface area (Å²) in [6, 6.07) is -1.00. The van der Waals surface area contributed by atoms with E-state index in [9.17, 15) is 9.59 Å². The van der Waals surface area contributed by atoms with Crippen LogP contribution >= 0.6 is 0 Å². The van der Waals surface area contributed by atoms with Crippen molar-refractivity contribution in [3.63, 3.8) is 0 Å². The smallest absolute Gasteiger partial charge is 0.328 e. The van der Waals surface area contributed by atoms with Crippen molar-refractivity contribution >= 4 is 11.9 Å². The van der Waals surface area contributed by atoms with E-state index in [0.29, 0.717) is 6.54 Å². The van der Waals surface area contributed by atoms with Crippen LogP contribution in [0.1, 0.15) is 6.42 Å². The van der Waals surface area contributed by atoms with Gasteiger partial charge in [-0.05, 0) is 0 Å². The molecule has 0 aromatic carbocycles. The van der Waals surface area contributed by atoms with E-state index in [1.165, 1.54) is 7.11 Å². The number of carbonyl (C=O) groups excluding carboxylic acids is 1. The minimum atomic E-state index is -1.11. The van der Waals surface area contributed by atoms with Gasteiger partial charge < -0.3 is 19.7 Å². The summed E-state index contributed by atoms with van der Waals surface area (Å²) in [5.74, 6) is -1.44. The summed E-state index contributed by atoms with van der Waals surface area (Å²) in [6.07, 6.45) is 5.14. The molecular weight excluding hydrogens is 226 g/mol. The molecule has 0 fully saturated rings. The van der Waals surface area contributed by atoms with Gasteiger partial charge in [-0.1, -0.05) is 0 Å². The summed E-state index contributed by atoms with van der Waals surface area (Å²) in [6.45, 7) is 0.414. The molecule has 1 atom stereocenters. The number of rotatable bonds is 7. The zero-order valence-electron chi connectivity index (χ0n) is 9.50. The molecule has 1 aromatic heterocycles. The highest BCUT2D eigenvalue weighted by Gasteiger charge is 2.19. The predicted molar refractivity (Wildman–Crippen MR) is 58.3 cm³/mol. The van der Waals surface area contributed by atoms with Gasteiger partial charge in [-0.2, -0.15) is 0 Å². The Morgan fingerprint density at radius 3 is 2.88 bits per heavy atom. The maximum absolute atomic E-state index is 11.5. The van der Waals surface area contributed by atoms with Gasteiger partial charge in [-0.3, -0.25) is 4.79 Å². The predicted octanol–water partition coefficient (Wildman–Crippen LogP) is -0.511. The molecule has 7 heteroatoms. The molecule has 0 aliphatic rings. The average molecular weight is 241 g/mol. The summed E-state index contributed by atoms with van der Waals surface area (Å²) >= 11 is 0. The highest BCUT2D eigenvalue weighted by molar-refractivity contribution is 5.83. The van der Waals surface area contributed by atoms with Crippen LogP contribution in [0.2, 0.25) is 0 Å². The normalized spacial score (nSPS) is 12.1. The lowest BCUT2D eigenvalue weighted by Crippen LogP contribution is -2.44. The molecule has 0 aliphatic heterocycles. The molecule has 0 bridgehead atoms. The second-order valence-electron chi connectivity index (χ2n) is 3.46. The quantitative estimate of drug-likeness (QED) is 0.670. The summed E-state index contributed by atoms with van der Waals surface area (Å²) in [7, 11) is 1.38. The number of aromatic nitrogens is 2. The maximum Gasteiger partial charge on any atom is 0.328 e. The first kappa shape index (κ1) is 13.2. The van der Waals surface area contributed by atoms with E-state index < -0.39 is 12.0 Å². The molecule has 2 N–H and O–H groups in total. The van der Waals surface area contributed by atoms with Gasteiger partial charge in [0.15, 0.2) is 6.04 Å². The number of ether oxygens (including phenoxy) is 1. The summed E-state index contributed by atoms with van der Waals surface area (Å²) in [5, 5.41) is 11.2. The Morgan fingerprint density at radius 1 is 1.59 bits per heavy atom. The van der Waals surface area contributed by atoms with Gasteiger partial charge in [0.2, 0.25) is 5.91 Å². The van der Waals surface area contributed by atoms with E-state index in [1.807, 2.05) is 0 Å².